The van der Waals surface area contributed by atoms with Crippen molar-refractivity contribution < 1.29 is 27.3 Å². The van der Waals surface area contributed by atoms with Gasteiger partial charge in [0, 0.05) is 10.0 Å². The maximum Gasteiger partial charge on any atom is 2.00 e. The van der Waals surface area contributed by atoms with Crippen molar-refractivity contribution in [1.29, 1.82) is 0 Å². The van der Waals surface area contributed by atoms with Crippen molar-refractivity contribution in [2.75, 3.05) is 0 Å². The van der Waals surface area contributed by atoms with Crippen molar-refractivity contribution in [3.8, 4) is 5.75 Å². The first-order chi connectivity index (χ1) is 10.7. The standard InChI is InChI=1S/C14H11BrO2.C5H5.Fe/c15-11-6-8-14(17)12(9-11)13(16)7-5-10-3-1-2-4-10;1-2-4-5-3-1;/h1-9,16-17H;1-5H;/q;-1;+2/p-1/b13-7-;;. The van der Waals surface area contributed by atoms with Gasteiger partial charge in [-0.25, -0.2) is 12.1 Å². The van der Waals surface area contributed by atoms with E-state index in [0.29, 0.717) is 5.56 Å². The van der Waals surface area contributed by atoms with Crippen molar-refractivity contribution in [1.82, 2.24) is 0 Å². The number of hydrogen-bond donors (Lipinski definition) is 1. The Balaban J connectivity index is 0.000000377. The van der Waals surface area contributed by atoms with Crippen LogP contribution in [-0.2, 0) is 17.1 Å². The number of aliphatic hydroxyl groups excluding tert-OH is 1. The van der Waals surface area contributed by atoms with Crippen LogP contribution in [0.2, 0.25) is 0 Å². The summed E-state index contributed by atoms with van der Waals surface area (Å²) < 4.78 is 0.764. The average Bonchev–Trinajstić information content (AvgIpc) is 3.23. The van der Waals surface area contributed by atoms with Gasteiger partial charge in [-0.2, -0.15) is 18.2 Å². The van der Waals surface area contributed by atoms with E-state index in [0.717, 1.165) is 10.0 Å². The molecule has 2 aromatic carbocycles. The molecule has 0 aliphatic heterocycles. The summed E-state index contributed by atoms with van der Waals surface area (Å²) in [5.41, 5.74) is 1.28. The minimum absolute atomic E-state index is 0. The molecule has 1 N–H and O–H groups in total. The molecule has 0 heterocycles. The normalized spacial score (nSPS) is 12.4. The van der Waals surface area contributed by atoms with E-state index in [1.807, 2.05) is 54.6 Å². The molecule has 0 unspecified atom stereocenters. The second kappa shape index (κ2) is 10.0. The molecule has 3 rings (SSSR count). The minimum atomic E-state index is -0.196. The van der Waals surface area contributed by atoms with Gasteiger partial charge in [0.2, 0.25) is 0 Å². The fourth-order valence-corrected chi connectivity index (χ4v) is 2.15. The van der Waals surface area contributed by atoms with Crippen LogP contribution in [0.4, 0.5) is 0 Å². The van der Waals surface area contributed by atoms with Crippen LogP contribution in [0.25, 0.3) is 5.76 Å². The van der Waals surface area contributed by atoms with E-state index in [1.165, 1.54) is 12.1 Å². The fraction of sp³-hybridized carbons (Fsp3) is 0. The molecule has 2 aromatic rings. The molecule has 0 saturated heterocycles. The van der Waals surface area contributed by atoms with E-state index in [-0.39, 0.29) is 28.6 Å². The average molecular weight is 411 g/mol. The summed E-state index contributed by atoms with van der Waals surface area (Å²) >= 11 is 3.27. The summed E-state index contributed by atoms with van der Waals surface area (Å²) in [6.07, 6.45) is 10.9. The van der Waals surface area contributed by atoms with Crippen LogP contribution >= 0.6 is 15.9 Å². The number of allylic oxidation sites excluding steroid dienone is 7. The zero-order valence-electron chi connectivity index (χ0n) is 12.2. The molecule has 118 valence electrons. The third-order valence-electron chi connectivity index (χ3n) is 2.90. The SMILES string of the molecule is [Fe+2].[O-]c1ccc(Br)cc1/C(O)=C/C=C1C=CC=C1.c1cc[cH-]c1. The van der Waals surface area contributed by atoms with E-state index < -0.39 is 0 Å². The van der Waals surface area contributed by atoms with Gasteiger partial charge in [0.25, 0.3) is 0 Å². The number of aliphatic hydroxyl groups is 1. The largest absolute Gasteiger partial charge is 2.00 e. The van der Waals surface area contributed by atoms with Gasteiger partial charge in [-0.3, -0.25) is 0 Å². The van der Waals surface area contributed by atoms with Crippen LogP contribution in [-0.4, -0.2) is 5.11 Å². The molecule has 0 saturated carbocycles. The summed E-state index contributed by atoms with van der Waals surface area (Å²) in [4.78, 5) is 0. The molecule has 23 heavy (non-hydrogen) atoms. The van der Waals surface area contributed by atoms with Crippen molar-refractivity contribution in [3.05, 3.63) is 101 Å². The molecule has 0 spiro atoms. The van der Waals surface area contributed by atoms with Gasteiger partial charge in [-0.05, 0) is 23.8 Å². The minimum Gasteiger partial charge on any atom is -0.872 e. The number of hydrogen-bond acceptors (Lipinski definition) is 2. The van der Waals surface area contributed by atoms with Crippen molar-refractivity contribution >= 4 is 21.7 Å². The molecule has 1 aliphatic rings. The Morgan fingerprint density at radius 3 is 2.35 bits per heavy atom. The number of benzene rings is 1. The molecular formula is C19H15BrFeO2. The quantitative estimate of drug-likeness (QED) is 0.435. The Labute approximate surface area is 155 Å². The van der Waals surface area contributed by atoms with Crippen LogP contribution in [0.5, 0.6) is 5.75 Å². The molecular weight excluding hydrogens is 396 g/mol. The maximum atomic E-state index is 11.5. The first-order valence-corrected chi connectivity index (χ1v) is 7.55. The Hall–Kier alpha value is -1.87. The van der Waals surface area contributed by atoms with Gasteiger partial charge in [0.05, 0.1) is 0 Å². The summed E-state index contributed by atoms with van der Waals surface area (Å²) in [6, 6.07) is 14.7. The zero-order chi connectivity index (χ0) is 15.8. The Morgan fingerprint density at radius 2 is 1.78 bits per heavy atom. The summed E-state index contributed by atoms with van der Waals surface area (Å²) in [5.74, 6) is -0.227. The summed E-state index contributed by atoms with van der Waals surface area (Å²) in [7, 11) is 0. The molecule has 0 bridgehead atoms. The van der Waals surface area contributed by atoms with Crippen LogP contribution in [0, 0.1) is 0 Å². The summed E-state index contributed by atoms with van der Waals surface area (Å²) in [5, 5.41) is 21.4. The van der Waals surface area contributed by atoms with E-state index in [4.69, 9.17) is 0 Å². The van der Waals surface area contributed by atoms with Gasteiger partial charge in [-0.15, -0.1) is 0 Å². The molecule has 2 nitrogen and oxygen atoms in total. The Bertz CT molecular complexity index is 695. The molecule has 0 aromatic heterocycles. The number of rotatable bonds is 2. The predicted octanol–water partition coefficient (Wildman–Crippen LogP) is 4.88. The third kappa shape index (κ3) is 6.41. The second-order valence-corrected chi connectivity index (χ2v) is 5.46. The van der Waals surface area contributed by atoms with E-state index >= 15 is 0 Å². The third-order valence-corrected chi connectivity index (χ3v) is 3.39. The second-order valence-electron chi connectivity index (χ2n) is 4.54. The molecule has 1 aliphatic carbocycles. The Kier molecular flexibility index (Phi) is 8.34. The van der Waals surface area contributed by atoms with Crippen molar-refractivity contribution in [2.24, 2.45) is 0 Å². The van der Waals surface area contributed by atoms with Crippen LogP contribution in [0.1, 0.15) is 5.56 Å². The van der Waals surface area contributed by atoms with E-state index in [1.54, 1.807) is 18.2 Å². The molecule has 0 atom stereocenters. The van der Waals surface area contributed by atoms with Gasteiger partial charge < -0.3 is 10.2 Å². The van der Waals surface area contributed by atoms with Gasteiger partial charge >= 0.3 is 17.1 Å². The monoisotopic (exact) mass is 410 g/mol. The molecule has 0 fully saturated rings. The summed E-state index contributed by atoms with van der Waals surface area (Å²) in [6.45, 7) is 0. The van der Waals surface area contributed by atoms with Crippen molar-refractivity contribution in [2.45, 2.75) is 0 Å². The zero-order valence-corrected chi connectivity index (χ0v) is 14.9. The van der Waals surface area contributed by atoms with E-state index in [9.17, 15) is 10.2 Å². The van der Waals surface area contributed by atoms with E-state index in [2.05, 4.69) is 15.9 Å². The smallest absolute Gasteiger partial charge is 0.872 e. The van der Waals surface area contributed by atoms with Crippen LogP contribution in [0.3, 0.4) is 0 Å². The number of halogens is 1. The molecule has 4 heteroatoms. The fourth-order valence-electron chi connectivity index (χ4n) is 1.79. The molecule has 0 amide bonds. The first-order valence-electron chi connectivity index (χ1n) is 6.76. The van der Waals surface area contributed by atoms with Crippen molar-refractivity contribution in [3.63, 3.8) is 0 Å². The maximum absolute atomic E-state index is 11.5. The molecule has 0 radical (unpaired) electrons. The van der Waals surface area contributed by atoms with Gasteiger partial charge in [0.1, 0.15) is 5.76 Å². The first kappa shape index (κ1) is 19.2. The van der Waals surface area contributed by atoms with Gasteiger partial charge in [-0.1, -0.05) is 58.1 Å². The Morgan fingerprint density at radius 1 is 1.13 bits per heavy atom. The van der Waals surface area contributed by atoms with Gasteiger partial charge in [0.15, 0.2) is 0 Å². The van der Waals surface area contributed by atoms with Crippen LogP contribution in [0.15, 0.2) is 95.0 Å². The topological polar surface area (TPSA) is 43.3 Å². The van der Waals surface area contributed by atoms with Crippen LogP contribution < -0.4 is 5.11 Å². The predicted molar refractivity (Wildman–Crippen MR) is 92.6 cm³/mol.